The fourth-order valence-electron chi connectivity index (χ4n) is 2.41. The number of nitrogens with zero attached hydrogens (tertiary/aromatic N) is 4. The summed E-state index contributed by atoms with van der Waals surface area (Å²) in [5, 5.41) is 0. The summed E-state index contributed by atoms with van der Waals surface area (Å²) in [5.41, 5.74) is 0. The van der Waals surface area contributed by atoms with Crippen molar-refractivity contribution in [2.75, 3.05) is 31.1 Å². The second kappa shape index (κ2) is 6.43. The third kappa shape index (κ3) is 3.33. The van der Waals surface area contributed by atoms with Crippen molar-refractivity contribution in [1.82, 2.24) is 14.9 Å². The molecule has 0 atom stereocenters. The predicted octanol–water partition coefficient (Wildman–Crippen LogP) is 1.74. The van der Waals surface area contributed by atoms with Crippen molar-refractivity contribution in [3.05, 3.63) is 48.3 Å². The second-order valence-corrected chi connectivity index (χ2v) is 5.16. The molecule has 114 valence electrons. The lowest BCUT2D eigenvalue weighted by molar-refractivity contribution is -0.126. The van der Waals surface area contributed by atoms with Gasteiger partial charge in [0.2, 0.25) is 5.91 Å². The number of carbonyl (C=O) groups excluding carboxylic acids is 1. The molecule has 0 unspecified atom stereocenters. The number of hydrogen-bond donors (Lipinski definition) is 0. The van der Waals surface area contributed by atoms with Crippen molar-refractivity contribution in [1.29, 1.82) is 0 Å². The summed E-state index contributed by atoms with van der Waals surface area (Å²) in [6, 6.07) is 3.73. The molecule has 0 aromatic carbocycles. The van der Waals surface area contributed by atoms with Crippen molar-refractivity contribution >= 4 is 17.8 Å². The highest BCUT2D eigenvalue weighted by Crippen LogP contribution is 2.12. The van der Waals surface area contributed by atoms with Crippen LogP contribution in [0.1, 0.15) is 11.5 Å². The van der Waals surface area contributed by atoms with E-state index in [1.54, 1.807) is 30.7 Å². The summed E-state index contributed by atoms with van der Waals surface area (Å²) < 4.78 is 5.42. The summed E-state index contributed by atoms with van der Waals surface area (Å²) >= 11 is 0. The molecule has 2 aromatic heterocycles. The largest absolute Gasteiger partial charge is 0.462 e. The highest BCUT2D eigenvalue weighted by Gasteiger charge is 2.20. The minimum atomic E-state index is 0.00727. The number of furan rings is 1. The maximum atomic E-state index is 12.2. The smallest absolute Gasteiger partial charge is 0.246 e. The molecule has 0 saturated carbocycles. The summed E-state index contributed by atoms with van der Waals surface area (Å²) in [6.45, 7) is 4.76. The van der Waals surface area contributed by atoms with Crippen molar-refractivity contribution < 1.29 is 9.21 Å². The first-order chi connectivity index (χ1) is 10.7. The summed E-state index contributed by atoms with van der Waals surface area (Å²) in [5.74, 6) is 2.40. The van der Waals surface area contributed by atoms with Crippen LogP contribution < -0.4 is 4.90 Å². The molecule has 6 nitrogen and oxygen atoms in total. The van der Waals surface area contributed by atoms with E-state index in [9.17, 15) is 4.79 Å². The van der Waals surface area contributed by atoms with Gasteiger partial charge in [-0.15, -0.1) is 0 Å². The zero-order chi connectivity index (χ0) is 15.4. The van der Waals surface area contributed by atoms with E-state index in [2.05, 4.69) is 14.9 Å². The third-order valence-electron chi connectivity index (χ3n) is 3.62. The highest BCUT2D eigenvalue weighted by atomic mass is 16.3. The highest BCUT2D eigenvalue weighted by molar-refractivity contribution is 5.91. The van der Waals surface area contributed by atoms with Gasteiger partial charge in [-0.3, -0.25) is 9.78 Å². The van der Waals surface area contributed by atoms with E-state index in [0.717, 1.165) is 24.7 Å². The fourth-order valence-corrected chi connectivity index (χ4v) is 2.41. The molecule has 0 radical (unpaired) electrons. The third-order valence-corrected chi connectivity index (χ3v) is 3.62. The molecule has 1 aliphatic rings. The first kappa shape index (κ1) is 14.3. The summed E-state index contributed by atoms with van der Waals surface area (Å²) in [7, 11) is 0. The quantitative estimate of drug-likeness (QED) is 0.808. The topological polar surface area (TPSA) is 62.5 Å². The van der Waals surface area contributed by atoms with Crippen LogP contribution in [0.2, 0.25) is 0 Å². The van der Waals surface area contributed by atoms with Gasteiger partial charge in [-0.2, -0.15) is 0 Å². The van der Waals surface area contributed by atoms with E-state index in [1.165, 1.54) is 0 Å². The number of aryl methyl sites for hydroxylation is 1. The first-order valence-corrected chi connectivity index (χ1v) is 7.27. The fraction of sp³-hybridized carbons (Fsp3) is 0.312. The molecule has 1 aliphatic heterocycles. The molecule has 0 aliphatic carbocycles. The van der Waals surface area contributed by atoms with Crippen molar-refractivity contribution in [3.8, 4) is 0 Å². The number of anilines is 1. The number of carbonyl (C=O) groups is 1. The van der Waals surface area contributed by atoms with Gasteiger partial charge in [0.1, 0.15) is 17.3 Å². The lowest BCUT2D eigenvalue weighted by Crippen LogP contribution is -2.48. The molecular formula is C16H18N4O2. The molecule has 1 fully saturated rings. The molecular weight excluding hydrogens is 280 g/mol. The van der Waals surface area contributed by atoms with E-state index >= 15 is 0 Å². The van der Waals surface area contributed by atoms with Crippen LogP contribution in [-0.4, -0.2) is 47.0 Å². The lowest BCUT2D eigenvalue weighted by Gasteiger charge is -2.34. The van der Waals surface area contributed by atoms with Gasteiger partial charge in [0, 0.05) is 44.6 Å². The standard InChI is InChI=1S/C16H18N4O2/c1-13-2-3-14(22-13)4-5-16(21)20-10-8-19(9-11-20)15-12-17-6-7-18-15/h2-7,12H,8-11H2,1H3. The monoisotopic (exact) mass is 298 g/mol. The molecule has 2 aromatic rings. The number of rotatable bonds is 3. The normalized spacial score (nSPS) is 15.5. The van der Waals surface area contributed by atoms with Gasteiger partial charge in [-0.1, -0.05) is 0 Å². The Kier molecular flexibility index (Phi) is 4.18. The van der Waals surface area contributed by atoms with Gasteiger partial charge in [0.15, 0.2) is 0 Å². The van der Waals surface area contributed by atoms with Crippen LogP contribution in [0, 0.1) is 6.92 Å². The Labute approximate surface area is 129 Å². The second-order valence-electron chi connectivity index (χ2n) is 5.16. The average molecular weight is 298 g/mol. The maximum absolute atomic E-state index is 12.2. The Balaban J connectivity index is 1.55. The molecule has 6 heteroatoms. The van der Waals surface area contributed by atoms with Crippen LogP contribution in [0.15, 0.2) is 41.2 Å². The Bertz CT molecular complexity index is 658. The number of amides is 1. The van der Waals surface area contributed by atoms with Gasteiger partial charge in [0.25, 0.3) is 0 Å². The Hall–Kier alpha value is -2.63. The molecule has 0 spiro atoms. The molecule has 0 N–H and O–H groups in total. The average Bonchev–Trinajstić information content (AvgIpc) is 2.99. The zero-order valence-corrected chi connectivity index (χ0v) is 12.5. The van der Waals surface area contributed by atoms with Crippen LogP contribution in [0.3, 0.4) is 0 Å². The lowest BCUT2D eigenvalue weighted by atomic mass is 10.3. The zero-order valence-electron chi connectivity index (χ0n) is 12.5. The molecule has 0 bridgehead atoms. The van der Waals surface area contributed by atoms with E-state index in [0.29, 0.717) is 18.8 Å². The van der Waals surface area contributed by atoms with Gasteiger partial charge in [-0.25, -0.2) is 4.98 Å². The Morgan fingerprint density at radius 2 is 2.05 bits per heavy atom. The minimum Gasteiger partial charge on any atom is -0.462 e. The molecule has 3 rings (SSSR count). The molecule has 1 amide bonds. The van der Waals surface area contributed by atoms with E-state index in [-0.39, 0.29) is 5.91 Å². The van der Waals surface area contributed by atoms with Crippen molar-refractivity contribution in [2.45, 2.75) is 6.92 Å². The van der Waals surface area contributed by atoms with Crippen molar-refractivity contribution in [2.24, 2.45) is 0 Å². The molecule has 3 heterocycles. The number of aromatic nitrogens is 2. The Morgan fingerprint density at radius 3 is 2.68 bits per heavy atom. The van der Waals surface area contributed by atoms with Gasteiger partial charge < -0.3 is 14.2 Å². The Morgan fingerprint density at radius 1 is 1.23 bits per heavy atom. The van der Waals surface area contributed by atoms with Gasteiger partial charge in [0.05, 0.1) is 6.20 Å². The van der Waals surface area contributed by atoms with Crippen LogP contribution in [0.5, 0.6) is 0 Å². The van der Waals surface area contributed by atoms with Gasteiger partial charge in [-0.05, 0) is 25.1 Å². The van der Waals surface area contributed by atoms with Crippen LogP contribution in [0.4, 0.5) is 5.82 Å². The van der Waals surface area contributed by atoms with Gasteiger partial charge >= 0.3 is 0 Å². The van der Waals surface area contributed by atoms with E-state index < -0.39 is 0 Å². The number of piperazine rings is 1. The number of hydrogen-bond acceptors (Lipinski definition) is 5. The molecule has 1 saturated heterocycles. The molecule has 22 heavy (non-hydrogen) atoms. The summed E-state index contributed by atoms with van der Waals surface area (Å²) in [6.07, 6.45) is 8.36. The SMILES string of the molecule is Cc1ccc(C=CC(=O)N2CCN(c3cnccn3)CC2)o1. The van der Waals surface area contributed by atoms with E-state index in [4.69, 9.17) is 4.42 Å². The van der Waals surface area contributed by atoms with Crippen LogP contribution >= 0.6 is 0 Å². The predicted molar refractivity (Wildman–Crippen MR) is 83.3 cm³/mol. The first-order valence-electron chi connectivity index (χ1n) is 7.27. The van der Waals surface area contributed by atoms with Crippen LogP contribution in [0.25, 0.3) is 6.08 Å². The summed E-state index contributed by atoms with van der Waals surface area (Å²) in [4.78, 5) is 24.5. The van der Waals surface area contributed by atoms with Crippen LogP contribution in [-0.2, 0) is 4.79 Å². The minimum absolute atomic E-state index is 0.00727. The van der Waals surface area contributed by atoms with Crippen molar-refractivity contribution in [3.63, 3.8) is 0 Å². The maximum Gasteiger partial charge on any atom is 0.246 e. The van der Waals surface area contributed by atoms with E-state index in [1.807, 2.05) is 24.0 Å².